The Morgan fingerprint density at radius 1 is 1.17 bits per heavy atom. The van der Waals surface area contributed by atoms with E-state index in [1.54, 1.807) is 11.8 Å². The van der Waals surface area contributed by atoms with Gasteiger partial charge in [0.15, 0.2) is 0 Å². The molecule has 12 heavy (non-hydrogen) atoms. The van der Waals surface area contributed by atoms with Gasteiger partial charge in [-0.2, -0.15) is 0 Å². The lowest BCUT2D eigenvalue weighted by Crippen LogP contribution is -1.91. The van der Waals surface area contributed by atoms with Gasteiger partial charge < -0.3 is 5.41 Å². The largest absolute Gasteiger partial charge is 0.304 e. The van der Waals surface area contributed by atoms with Crippen LogP contribution in [0.3, 0.4) is 0 Å². The van der Waals surface area contributed by atoms with Gasteiger partial charge in [0, 0.05) is 16.4 Å². The van der Waals surface area contributed by atoms with E-state index in [4.69, 9.17) is 5.41 Å². The molecule has 1 nitrogen and oxygen atoms in total. The van der Waals surface area contributed by atoms with Crippen LogP contribution in [0.25, 0.3) is 6.08 Å². The summed E-state index contributed by atoms with van der Waals surface area (Å²) in [4.78, 5) is 1.27. The average Bonchev–Trinajstić information content (AvgIpc) is 2.29. The third kappa shape index (κ3) is 1.43. The molecule has 2 heteroatoms. The topological polar surface area (TPSA) is 23.9 Å². The number of allylic oxidation sites excluding steroid dienone is 1. The summed E-state index contributed by atoms with van der Waals surface area (Å²) in [6, 6.07) is 8.24. The zero-order valence-corrected chi connectivity index (χ0v) is 7.40. The molecule has 1 aromatic rings. The minimum Gasteiger partial charge on any atom is -0.304 e. The highest BCUT2D eigenvalue weighted by Crippen LogP contribution is 2.26. The molecule has 1 aliphatic rings. The molecule has 60 valence electrons. The van der Waals surface area contributed by atoms with Gasteiger partial charge in [0.1, 0.15) is 0 Å². The van der Waals surface area contributed by atoms with Crippen molar-refractivity contribution in [1.29, 1.82) is 5.41 Å². The van der Waals surface area contributed by atoms with Crippen LogP contribution in [-0.4, -0.2) is 11.5 Å². The fraction of sp³-hybridized carbons (Fsp3) is 0.100. The van der Waals surface area contributed by atoms with Crippen LogP contribution in [-0.2, 0) is 0 Å². The minimum absolute atomic E-state index is 0.691. The number of thioether (sulfide) groups is 1. The monoisotopic (exact) mass is 175 g/mol. The highest BCUT2D eigenvalue weighted by Gasteiger charge is 2.04. The van der Waals surface area contributed by atoms with E-state index in [1.807, 2.05) is 24.3 Å². The molecule has 2 rings (SSSR count). The summed E-state index contributed by atoms with van der Waals surface area (Å²) in [7, 11) is 0. The van der Waals surface area contributed by atoms with E-state index in [0.717, 1.165) is 5.75 Å². The summed E-state index contributed by atoms with van der Waals surface area (Å²) in [6.45, 7) is 0. The van der Waals surface area contributed by atoms with E-state index >= 15 is 0 Å². The van der Waals surface area contributed by atoms with Gasteiger partial charge in [-0.15, -0.1) is 11.8 Å². The maximum atomic E-state index is 7.50. The van der Waals surface area contributed by atoms with Gasteiger partial charge in [0.25, 0.3) is 0 Å². The smallest absolute Gasteiger partial charge is 0.0416 e. The van der Waals surface area contributed by atoms with Crippen LogP contribution in [0.15, 0.2) is 35.2 Å². The first-order chi connectivity index (χ1) is 5.86. The SMILES string of the molecule is N=C1C=Cc2ccccc2SC1. The van der Waals surface area contributed by atoms with Gasteiger partial charge in [-0.3, -0.25) is 0 Å². The van der Waals surface area contributed by atoms with Gasteiger partial charge in [-0.25, -0.2) is 0 Å². The van der Waals surface area contributed by atoms with Crippen LogP contribution in [0.2, 0.25) is 0 Å². The van der Waals surface area contributed by atoms with Crippen LogP contribution in [0.5, 0.6) is 0 Å². The standard InChI is InChI=1S/C10H9NS/c11-9-6-5-8-3-1-2-4-10(8)12-7-9/h1-6,11H,7H2. The Kier molecular flexibility index (Phi) is 2.00. The van der Waals surface area contributed by atoms with Crippen molar-refractivity contribution in [2.24, 2.45) is 0 Å². The van der Waals surface area contributed by atoms with Gasteiger partial charge in [0.05, 0.1) is 0 Å². The summed E-state index contributed by atoms with van der Waals surface area (Å²) >= 11 is 1.73. The predicted octanol–water partition coefficient (Wildman–Crippen LogP) is 2.83. The quantitative estimate of drug-likeness (QED) is 0.644. The summed E-state index contributed by atoms with van der Waals surface area (Å²) in [5, 5.41) is 7.50. The van der Waals surface area contributed by atoms with Crippen LogP contribution < -0.4 is 0 Å². The number of nitrogens with one attached hydrogen (secondary N) is 1. The molecule has 0 aromatic heterocycles. The molecule has 0 saturated heterocycles. The van der Waals surface area contributed by atoms with Crippen molar-refractivity contribution < 1.29 is 0 Å². The zero-order valence-electron chi connectivity index (χ0n) is 6.58. The maximum Gasteiger partial charge on any atom is 0.0416 e. The molecule has 0 spiro atoms. The Hall–Kier alpha value is -1.02. The molecular formula is C10H9NS. The Balaban J connectivity index is 2.45. The summed E-state index contributed by atoms with van der Waals surface area (Å²) in [5.74, 6) is 0.785. The first kappa shape index (κ1) is 7.62. The lowest BCUT2D eigenvalue weighted by Gasteiger charge is -2.00. The van der Waals surface area contributed by atoms with Gasteiger partial charge in [-0.1, -0.05) is 24.3 Å². The van der Waals surface area contributed by atoms with Crippen molar-refractivity contribution in [2.45, 2.75) is 4.90 Å². The molecular weight excluding hydrogens is 166 g/mol. The normalized spacial score (nSPS) is 15.5. The molecule has 0 bridgehead atoms. The summed E-state index contributed by atoms with van der Waals surface area (Å²) < 4.78 is 0. The Bertz CT molecular complexity index is 341. The van der Waals surface area contributed by atoms with E-state index < -0.39 is 0 Å². The van der Waals surface area contributed by atoms with Crippen molar-refractivity contribution in [3.05, 3.63) is 35.9 Å². The van der Waals surface area contributed by atoms with E-state index in [1.165, 1.54) is 10.5 Å². The van der Waals surface area contributed by atoms with Gasteiger partial charge >= 0.3 is 0 Å². The Labute approximate surface area is 76.0 Å². The zero-order chi connectivity index (χ0) is 8.39. The third-order valence-corrected chi connectivity index (χ3v) is 2.90. The van der Waals surface area contributed by atoms with Crippen LogP contribution in [0, 0.1) is 5.41 Å². The number of hydrogen-bond donors (Lipinski definition) is 1. The average molecular weight is 175 g/mol. The molecule has 0 unspecified atom stereocenters. The second-order valence-electron chi connectivity index (χ2n) is 2.69. The highest BCUT2D eigenvalue weighted by atomic mass is 32.2. The number of hydrogen-bond acceptors (Lipinski definition) is 2. The van der Waals surface area contributed by atoms with Gasteiger partial charge in [0.2, 0.25) is 0 Å². The highest BCUT2D eigenvalue weighted by molar-refractivity contribution is 8.00. The molecule has 1 aromatic carbocycles. The summed E-state index contributed by atoms with van der Waals surface area (Å²) in [5.41, 5.74) is 1.92. The lowest BCUT2D eigenvalue weighted by molar-refractivity contribution is 1.43. The fourth-order valence-corrected chi connectivity index (χ4v) is 2.03. The number of fused-ring (bicyclic) bond motifs is 1. The van der Waals surface area contributed by atoms with Crippen molar-refractivity contribution in [3.63, 3.8) is 0 Å². The van der Waals surface area contributed by atoms with Crippen LogP contribution >= 0.6 is 11.8 Å². The van der Waals surface area contributed by atoms with Gasteiger partial charge in [-0.05, 0) is 17.7 Å². The molecule has 1 heterocycles. The molecule has 0 saturated carbocycles. The number of benzene rings is 1. The molecule has 1 N–H and O–H groups in total. The number of rotatable bonds is 0. The second-order valence-corrected chi connectivity index (χ2v) is 3.70. The maximum absolute atomic E-state index is 7.50. The van der Waals surface area contributed by atoms with Crippen molar-refractivity contribution in [1.82, 2.24) is 0 Å². The van der Waals surface area contributed by atoms with E-state index in [2.05, 4.69) is 12.1 Å². The first-order valence-corrected chi connectivity index (χ1v) is 4.82. The predicted molar refractivity (Wildman–Crippen MR) is 53.9 cm³/mol. The second kappa shape index (κ2) is 3.15. The molecule has 0 fully saturated rings. The molecule has 0 aliphatic carbocycles. The van der Waals surface area contributed by atoms with Crippen molar-refractivity contribution in [3.8, 4) is 0 Å². The van der Waals surface area contributed by atoms with Crippen LogP contribution in [0.1, 0.15) is 5.56 Å². The van der Waals surface area contributed by atoms with E-state index in [0.29, 0.717) is 5.71 Å². The van der Waals surface area contributed by atoms with Crippen LogP contribution in [0.4, 0.5) is 0 Å². The molecule has 0 amide bonds. The van der Waals surface area contributed by atoms with E-state index in [-0.39, 0.29) is 0 Å². The van der Waals surface area contributed by atoms with Crippen molar-refractivity contribution >= 4 is 23.5 Å². The Morgan fingerprint density at radius 3 is 2.92 bits per heavy atom. The third-order valence-electron chi connectivity index (χ3n) is 1.77. The Morgan fingerprint density at radius 2 is 2.00 bits per heavy atom. The summed E-state index contributed by atoms with van der Waals surface area (Å²) in [6.07, 6.45) is 3.89. The minimum atomic E-state index is 0.691. The molecule has 1 aliphatic heterocycles. The van der Waals surface area contributed by atoms with E-state index in [9.17, 15) is 0 Å². The first-order valence-electron chi connectivity index (χ1n) is 3.83. The molecule has 0 atom stereocenters. The fourth-order valence-electron chi connectivity index (χ4n) is 1.14. The lowest BCUT2D eigenvalue weighted by atomic mass is 10.2. The van der Waals surface area contributed by atoms with Crippen molar-refractivity contribution in [2.75, 3.05) is 5.75 Å². The molecule has 0 radical (unpaired) electrons.